The number of hydrogen-bond acceptors (Lipinski definition) is 5. The van der Waals surface area contributed by atoms with E-state index >= 15 is 0 Å². The molecule has 2 rings (SSSR count). The summed E-state index contributed by atoms with van der Waals surface area (Å²) >= 11 is 7.39. The van der Waals surface area contributed by atoms with Gasteiger partial charge in [-0.15, -0.1) is 21.5 Å². The van der Waals surface area contributed by atoms with E-state index in [4.69, 9.17) is 11.6 Å². The molecule has 0 amide bonds. The van der Waals surface area contributed by atoms with Crippen molar-refractivity contribution in [1.82, 2.24) is 25.9 Å². The Bertz CT molecular complexity index is 412. The fourth-order valence-corrected chi connectivity index (χ4v) is 2.18. The highest BCUT2D eigenvalue weighted by atomic mass is 35.5. The first kappa shape index (κ1) is 10.5. The van der Waals surface area contributed by atoms with Crippen molar-refractivity contribution in [3.8, 4) is 0 Å². The van der Waals surface area contributed by atoms with Gasteiger partial charge in [-0.25, -0.2) is 0 Å². The zero-order valence-electron chi connectivity index (χ0n) is 8.07. The molecule has 0 aliphatic carbocycles. The first-order chi connectivity index (χ1) is 7.25. The second-order valence-corrected chi connectivity index (χ2v) is 4.88. The van der Waals surface area contributed by atoms with Crippen molar-refractivity contribution in [2.24, 2.45) is 0 Å². The van der Waals surface area contributed by atoms with Crippen LogP contribution in [-0.2, 0) is 6.54 Å². The van der Waals surface area contributed by atoms with Gasteiger partial charge >= 0.3 is 0 Å². The predicted molar refractivity (Wildman–Crippen MR) is 58.8 cm³/mol. The summed E-state index contributed by atoms with van der Waals surface area (Å²) < 4.78 is 0.805. The molecule has 7 heteroatoms. The van der Waals surface area contributed by atoms with Gasteiger partial charge in [-0.3, -0.25) is 0 Å². The number of thiophene rings is 1. The van der Waals surface area contributed by atoms with Gasteiger partial charge in [0, 0.05) is 11.4 Å². The van der Waals surface area contributed by atoms with Crippen LogP contribution >= 0.6 is 22.9 Å². The molecule has 0 bridgehead atoms. The summed E-state index contributed by atoms with van der Waals surface area (Å²) in [5, 5.41) is 17.0. The molecule has 1 unspecified atom stereocenters. The SMILES string of the molecule is CC(NCc1ccc(Cl)s1)c1nn[nH]n1. The Morgan fingerprint density at radius 3 is 3.07 bits per heavy atom. The number of rotatable bonds is 4. The molecule has 15 heavy (non-hydrogen) atoms. The zero-order chi connectivity index (χ0) is 10.7. The van der Waals surface area contributed by atoms with Crippen LogP contribution in [0.4, 0.5) is 0 Å². The van der Waals surface area contributed by atoms with Gasteiger partial charge in [0.25, 0.3) is 0 Å². The molecule has 0 radical (unpaired) electrons. The first-order valence-electron chi connectivity index (χ1n) is 4.46. The quantitative estimate of drug-likeness (QED) is 0.859. The zero-order valence-corrected chi connectivity index (χ0v) is 9.64. The molecule has 1 atom stereocenters. The maximum Gasteiger partial charge on any atom is 0.191 e. The molecule has 0 saturated heterocycles. The van der Waals surface area contributed by atoms with E-state index in [1.165, 1.54) is 4.88 Å². The number of tetrazole rings is 1. The first-order valence-corrected chi connectivity index (χ1v) is 5.66. The van der Waals surface area contributed by atoms with E-state index in [1.54, 1.807) is 11.3 Å². The van der Waals surface area contributed by atoms with Crippen LogP contribution in [0.25, 0.3) is 0 Å². The summed E-state index contributed by atoms with van der Waals surface area (Å²) in [6.45, 7) is 2.74. The third kappa shape index (κ3) is 2.74. The molecule has 2 N–H and O–H groups in total. The van der Waals surface area contributed by atoms with Crippen molar-refractivity contribution < 1.29 is 0 Å². The molecular weight excluding hydrogens is 234 g/mol. The van der Waals surface area contributed by atoms with Gasteiger partial charge < -0.3 is 5.32 Å². The molecule has 2 heterocycles. The minimum atomic E-state index is 0.0737. The minimum absolute atomic E-state index is 0.0737. The lowest BCUT2D eigenvalue weighted by Crippen LogP contribution is -2.18. The maximum atomic E-state index is 5.83. The molecule has 2 aromatic rings. The van der Waals surface area contributed by atoms with E-state index in [0.717, 1.165) is 10.9 Å². The van der Waals surface area contributed by atoms with Crippen molar-refractivity contribution in [2.45, 2.75) is 19.5 Å². The van der Waals surface area contributed by atoms with E-state index in [1.807, 2.05) is 19.1 Å². The molecule has 0 aliphatic rings. The van der Waals surface area contributed by atoms with Crippen molar-refractivity contribution in [3.05, 3.63) is 27.2 Å². The highest BCUT2D eigenvalue weighted by molar-refractivity contribution is 7.16. The minimum Gasteiger partial charge on any atom is -0.302 e. The second kappa shape index (κ2) is 4.69. The van der Waals surface area contributed by atoms with E-state index in [-0.39, 0.29) is 6.04 Å². The van der Waals surface area contributed by atoms with Gasteiger partial charge in [-0.05, 0) is 19.1 Å². The van der Waals surface area contributed by atoms with Crippen LogP contribution < -0.4 is 5.32 Å². The average Bonchev–Trinajstić information content (AvgIpc) is 2.84. The van der Waals surface area contributed by atoms with Crippen molar-refractivity contribution in [3.63, 3.8) is 0 Å². The summed E-state index contributed by atoms with van der Waals surface area (Å²) in [6, 6.07) is 3.97. The standard InChI is InChI=1S/C8H10ClN5S/c1-5(8-11-13-14-12-8)10-4-6-2-3-7(9)15-6/h2-3,5,10H,4H2,1H3,(H,11,12,13,14). The van der Waals surface area contributed by atoms with Crippen LogP contribution in [0.3, 0.4) is 0 Å². The van der Waals surface area contributed by atoms with Gasteiger partial charge in [0.15, 0.2) is 5.82 Å². The Hall–Kier alpha value is -0.980. The number of aromatic nitrogens is 4. The van der Waals surface area contributed by atoms with E-state index in [0.29, 0.717) is 5.82 Å². The van der Waals surface area contributed by atoms with Gasteiger partial charge in [0.1, 0.15) is 0 Å². The Balaban J connectivity index is 1.88. The topological polar surface area (TPSA) is 66.5 Å². The molecule has 0 fully saturated rings. The third-order valence-corrected chi connectivity index (χ3v) is 3.19. The van der Waals surface area contributed by atoms with Crippen LogP contribution in [0.15, 0.2) is 12.1 Å². The van der Waals surface area contributed by atoms with Crippen molar-refractivity contribution >= 4 is 22.9 Å². The molecular formula is C8H10ClN5S. The molecule has 0 aromatic carbocycles. The van der Waals surface area contributed by atoms with E-state index in [2.05, 4.69) is 25.9 Å². The Kier molecular flexibility index (Phi) is 3.30. The molecule has 0 spiro atoms. The summed E-state index contributed by atoms with van der Waals surface area (Å²) in [5.41, 5.74) is 0. The number of nitrogens with zero attached hydrogens (tertiary/aromatic N) is 3. The summed E-state index contributed by atoms with van der Waals surface area (Å²) in [6.07, 6.45) is 0. The normalized spacial score (nSPS) is 12.9. The Morgan fingerprint density at radius 1 is 1.60 bits per heavy atom. The van der Waals surface area contributed by atoms with Gasteiger partial charge in [0.2, 0.25) is 0 Å². The molecule has 0 aliphatic heterocycles. The summed E-state index contributed by atoms with van der Waals surface area (Å²) in [4.78, 5) is 1.19. The third-order valence-electron chi connectivity index (χ3n) is 1.96. The number of aromatic amines is 1. The van der Waals surface area contributed by atoms with Gasteiger partial charge in [-0.2, -0.15) is 5.21 Å². The summed E-state index contributed by atoms with van der Waals surface area (Å²) in [7, 11) is 0. The number of nitrogens with one attached hydrogen (secondary N) is 2. The second-order valence-electron chi connectivity index (χ2n) is 3.08. The number of hydrogen-bond donors (Lipinski definition) is 2. The van der Waals surface area contributed by atoms with Crippen LogP contribution in [0.2, 0.25) is 4.34 Å². The lowest BCUT2D eigenvalue weighted by molar-refractivity contribution is 0.550. The molecule has 5 nitrogen and oxygen atoms in total. The van der Waals surface area contributed by atoms with Crippen molar-refractivity contribution in [2.75, 3.05) is 0 Å². The fourth-order valence-electron chi connectivity index (χ4n) is 1.14. The largest absolute Gasteiger partial charge is 0.302 e. The van der Waals surface area contributed by atoms with Crippen LogP contribution in [0, 0.1) is 0 Å². The Labute approximate surface area is 95.9 Å². The maximum absolute atomic E-state index is 5.83. The average molecular weight is 244 g/mol. The molecule has 80 valence electrons. The molecule has 0 saturated carbocycles. The monoisotopic (exact) mass is 243 g/mol. The summed E-state index contributed by atoms with van der Waals surface area (Å²) in [5.74, 6) is 0.664. The van der Waals surface area contributed by atoms with E-state index < -0.39 is 0 Å². The number of H-pyrrole nitrogens is 1. The Morgan fingerprint density at radius 2 is 2.47 bits per heavy atom. The smallest absolute Gasteiger partial charge is 0.191 e. The lowest BCUT2D eigenvalue weighted by Gasteiger charge is -2.07. The molecule has 2 aromatic heterocycles. The van der Waals surface area contributed by atoms with Gasteiger partial charge in [0.05, 0.1) is 10.4 Å². The highest BCUT2D eigenvalue weighted by Crippen LogP contribution is 2.21. The van der Waals surface area contributed by atoms with Crippen LogP contribution in [0.1, 0.15) is 23.7 Å². The van der Waals surface area contributed by atoms with E-state index in [9.17, 15) is 0 Å². The van der Waals surface area contributed by atoms with Crippen molar-refractivity contribution in [1.29, 1.82) is 0 Å². The predicted octanol–water partition coefficient (Wildman–Crippen LogP) is 1.77. The highest BCUT2D eigenvalue weighted by Gasteiger charge is 2.09. The fraction of sp³-hybridized carbons (Fsp3) is 0.375. The van der Waals surface area contributed by atoms with Gasteiger partial charge in [-0.1, -0.05) is 16.8 Å². The lowest BCUT2D eigenvalue weighted by atomic mass is 10.3. The van der Waals surface area contributed by atoms with Crippen LogP contribution in [-0.4, -0.2) is 20.6 Å². The van der Waals surface area contributed by atoms with Crippen LogP contribution in [0.5, 0.6) is 0 Å². The number of halogens is 1.